The first-order valence-corrected chi connectivity index (χ1v) is 8.18. The molecule has 2 aromatic rings. The summed E-state index contributed by atoms with van der Waals surface area (Å²) in [4.78, 5) is 15.8. The monoisotopic (exact) mass is 324 g/mol. The van der Waals surface area contributed by atoms with E-state index < -0.39 is 9.84 Å². The molecule has 1 amide bonds. The molecule has 0 aliphatic rings. The molecule has 0 saturated carbocycles. The van der Waals surface area contributed by atoms with Crippen LogP contribution >= 0.6 is 11.6 Å². The highest BCUT2D eigenvalue weighted by Crippen LogP contribution is 2.15. The molecule has 0 unspecified atom stereocenters. The minimum atomic E-state index is -3.44. The molecule has 0 atom stereocenters. The first-order chi connectivity index (χ1) is 9.99. The highest BCUT2D eigenvalue weighted by atomic mass is 35.5. The second kappa shape index (κ2) is 6.69. The molecule has 0 aliphatic heterocycles. The van der Waals surface area contributed by atoms with Gasteiger partial charge in [-0.1, -0.05) is 11.6 Å². The lowest BCUT2D eigenvalue weighted by Crippen LogP contribution is -2.29. The molecule has 110 valence electrons. The van der Waals surface area contributed by atoms with E-state index >= 15 is 0 Å². The molecule has 0 saturated heterocycles. The third-order valence-electron chi connectivity index (χ3n) is 2.77. The van der Waals surface area contributed by atoms with E-state index in [1.807, 2.05) is 0 Å². The molecule has 2 rings (SSSR count). The summed E-state index contributed by atoms with van der Waals surface area (Å²) in [5, 5.41) is 3.04. The number of pyridine rings is 1. The zero-order chi connectivity index (χ0) is 15.3. The minimum absolute atomic E-state index is 0.0338. The van der Waals surface area contributed by atoms with Crippen LogP contribution in [0, 0.1) is 0 Å². The summed E-state index contributed by atoms with van der Waals surface area (Å²) in [5.41, 5.74) is 0.439. The smallest absolute Gasteiger partial charge is 0.251 e. The highest BCUT2D eigenvalue weighted by molar-refractivity contribution is 7.91. The number of hydrogen-bond donors (Lipinski definition) is 1. The van der Waals surface area contributed by atoms with E-state index in [4.69, 9.17) is 11.6 Å². The van der Waals surface area contributed by atoms with Crippen LogP contribution in [0.25, 0.3) is 0 Å². The number of carbonyl (C=O) groups is 1. The highest BCUT2D eigenvalue weighted by Gasteiger charge is 2.14. The number of nitrogens with zero attached hydrogens (tertiary/aromatic N) is 1. The molecule has 0 aliphatic carbocycles. The molecule has 1 aromatic heterocycles. The standard InChI is InChI=1S/C14H13ClN2O3S/c15-12-1-3-13(4-2-12)21(19,20)10-9-17-14(18)11-5-7-16-8-6-11/h1-8H,9-10H2,(H,17,18). The molecule has 1 N–H and O–H groups in total. The second-order valence-electron chi connectivity index (χ2n) is 4.26. The van der Waals surface area contributed by atoms with Crippen molar-refractivity contribution in [1.82, 2.24) is 10.3 Å². The van der Waals surface area contributed by atoms with E-state index in [2.05, 4.69) is 10.3 Å². The van der Waals surface area contributed by atoms with Crippen molar-refractivity contribution in [3.8, 4) is 0 Å². The number of benzene rings is 1. The van der Waals surface area contributed by atoms with Crippen molar-refractivity contribution in [1.29, 1.82) is 0 Å². The Bertz CT molecular complexity index is 716. The quantitative estimate of drug-likeness (QED) is 0.912. The van der Waals surface area contributed by atoms with Crippen LogP contribution in [0.5, 0.6) is 0 Å². The van der Waals surface area contributed by atoms with Crippen LogP contribution < -0.4 is 5.32 Å². The van der Waals surface area contributed by atoms with E-state index in [9.17, 15) is 13.2 Å². The fraction of sp³-hybridized carbons (Fsp3) is 0.143. The van der Waals surface area contributed by atoms with E-state index in [-0.39, 0.29) is 23.1 Å². The number of halogens is 1. The van der Waals surface area contributed by atoms with Gasteiger partial charge in [-0.2, -0.15) is 0 Å². The van der Waals surface area contributed by atoms with Gasteiger partial charge < -0.3 is 5.32 Å². The summed E-state index contributed by atoms with van der Waals surface area (Å²) in [6.45, 7) is 0.0338. The first kappa shape index (κ1) is 15.5. The van der Waals surface area contributed by atoms with Crippen molar-refractivity contribution < 1.29 is 13.2 Å². The maximum Gasteiger partial charge on any atom is 0.251 e. The fourth-order valence-corrected chi connectivity index (χ4v) is 2.95. The molecule has 5 nitrogen and oxygen atoms in total. The molecule has 1 heterocycles. The van der Waals surface area contributed by atoms with Gasteiger partial charge in [-0.05, 0) is 36.4 Å². The molecule has 0 fully saturated rings. The number of rotatable bonds is 5. The predicted molar refractivity (Wildman–Crippen MR) is 80.1 cm³/mol. The van der Waals surface area contributed by atoms with Gasteiger partial charge in [0.25, 0.3) is 5.91 Å². The molecule has 0 spiro atoms. The molecule has 7 heteroatoms. The van der Waals surface area contributed by atoms with E-state index in [0.29, 0.717) is 10.6 Å². The molecule has 0 bridgehead atoms. The number of sulfone groups is 1. The zero-order valence-corrected chi connectivity index (χ0v) is 12.6. The summed E-state index contributed by atoms with van der Waals surface area (Å²) in [7, 11) is -3.44. The number of carbonyl (C=O) groups excluding carboxylic acids is 1. The lowest BCUT2D eigenvalue weighted by Gasteiger charge is -2.06. The minimum Gasteiger partial charge on any atom is -0.351 e. The normalized spacial score (nSPS) is 11.1. The summed E-state index contributed by atoms with van der Waals surface area (Å²) in [6, 6.07) is 9.05. The number of hydrogen-bond acceptors (Lipinski definition) is 4. The number of nitrogens with one attached hydrogen (secondary N) is 1. The summed E-state index contributed by atoms with van der Waals surface area (Å²) < 4.78 is 24.1. The predicted octanol–water partition coefficient (Wildman–Crippen LogP) is 1.94. The SMILES string of the molecule is O=C(NCCS(=O)(=O)c1ccc(Cl)cc1)c1ccncc1. The van der Waals surface area contributed by atoms with Gasteiger partial charge in [0.2, 0.25) is 0 Å². The van der Waals surface area contributed by atoms with E-state index in [0.717, 1.165) is 0 Å². The maximum absolute atomic E-state index is 12.1. The Balaban J connectivity index is 1.94. The lowest BCUT2D eigenvalue weighted by molar-refractivity contribution is 0.0956. The molecule has 0 radical (unpaired) electrons. The van der Waals surface area contributed by atoms with Crippen LogP contribution in [0.4, 0.5) is 0 Å². The van der Waals surface area contributed by atoms with Crippen molar-refractivity contribution in [2.24, 2.45) is 0 Å². The van der Waals surface area contributed by atoms with Gasteiger partial charge in [-0.15, -0.1) is 0 Å². The van der Waals surface area contributed by atoms with Gasteiger partial charge in [0, 0.05) is 29.5 Å². The third-order valence-corrected chi connectivity index (χ3v) is 4.76. The second-order valence-corrected chi connectivity index (χ2v) is 6.81. The summed E-state index contributed by atoms with van der Waals surface area (Å²) in [5.74, 6) is -0.505. The van der Waals surface area contributed by atoms with E-state index in [1.54, 1.807) is 12.1 Å². The van der Waals surface area contributed by atoms with Gasteiger partial charge in [0.15, 0.2) is 9.84 Å². The molecule has 1 aromatic carbocycles. The Labute approximate surface area is 127 Å². The first-order valence-electron chi connectivity index (χ1n) is 6.15. The van der Waals surface area contributed by atoms with Crippen LogP contribution in [0.2, 0.25) is 5.02 Å². The molecule has 21 heavy (non-hydrogen) atoms. The Morgan fingerprint density at radius 1 is 1.10 bits per heavy atom. The van der Waals surface area contributed by atoms with Crippen molar-refractivity contribution in [3.05, 3.63) is 59.4 Å². The fourth-order valence-electron chi connectivity index (χ4n) is 1.66. The van der Waals surface area contributed by atoms with Crippen LogP contribution in [-0.4, -0.2) is 31.6 Å². The van der Waals surface area contributed by atoms with Crippen molar-refractivity contribution in [2.45, 2.75) is 4.90 Å². The van der Waals surface area contributed by atoms with Crippen LogP contribution in [0.1, 0.15) is 10.4 Å². The summed E-state index contributed by atoms with van der Waals surface area (Å²) in [6.07, 6.45) is 3.00. The van der Waals surface area contributed by atoms with Crippen LogP contribution in [0.3, 0.4) is 0 Å². The largest absolute Gasteiger partial charge is 0.351 e. The number of aromatic nitrogens is 1. The Morgan fingerprint density at radius 3 is 2.33 bits per heavy atom. The van der Waals surface area contributed by atoms with Gasteiger partial charge in [0.05, 0.1) is 10.6 Å². The van der Waals surface area contributed by atoms with Gasteiger partial charge in [-0.25, -0.2) is 8.42 Å². The maximum atomic E-state index is 12.1. The lowest BCUT2D eigenvalue weighted by atomic mass is 10.2. The Hall–Kier alpha value is -1.92. The van der Waals surface area contributed by atoms with Crippen molar-refractivity contribution in [3.63, 3.8) is 0 Å². The van der Waals surface area contributed by atoms with Gasteiger partial charge in [-0.3, -0.25) is 9.78 Å². The Morgan fingerprint density at radius 2 is 1.71 bits per heavy atom. The average molecular weight is 325 g/mol. The van der Waals surface area contributed by atoms with Gasteiger partial charge >= 0.3 is 0 Å². The summed E-state index contributed by atoms with van der Waals surface area (Å²) >= 11 is 5.72. The zero-order valence-electron chi connectivity index (χ0n) is 11.0. The average Bonchev–Trinajstić information content (AvgIpc) is 2.48. The number of amides is 1. The topological polar surface area (TPSA) is 76.1 Å². The van der Waals surface area contributed by atoms with Gasteiger partial charge in [0.1, 0.15) is 0 Å². The molecular formula is C14H13ClN2O3S. The molecular weight excluding hydrogens is 312 g/mol. The van der Waals surface area contributed by atoms with Crippen molar-refractivity contribution in [2.75, 3.05) is 12.3 Å². The van der Waals surface area contributed by atoms with Crippen LogP contribution in [0.15, 0.2) is 53.7 Å². The Kier molecular flexibility index (Phi) is 4.93. The third kappa shape index (κ3) is 4.27. The van der Waals surface area contributed by atoms with Crippen LogP contribution in [-0.2, 0) is 9.84 Å². The van der Waals surface area contributed by atoms with E-state index in [1.165, 1.54) is 36.7 Å². The van der Waals surface area contributed by atoms with Crippen molar-refractivity contribution >= 4 is 27.3 Å².